The first-order valence-corrected chi connectivity index (χ1v) is 7.19. The summed E-state index contributed by atoms with van der Waals surface area (Å²) in [6.45, 7) is 10.3. The largest absolute Gasteiger partial charge is 0.352 e. The van der Waals surface area contributed by atoms with E-state index in [1.807, 2.05) is 13.8 Å². The lowest BCUT2D eigenvalue weighted by Crippen LogP contribution is -2.46. The van der Waals surface area contributed by atoms with Gasteiger partial charge in [-0.25, -0.2) is 0 Å². The van der Waals surface area contributed by atoms with E-state index in [1.54, 1.807) is 0 Å². The number of nitriles is 1. The Morgan fingerprint density at radius 2 is 1.72 bits per heavy atom. The standard InChI is InChI=1S/C15H28N2O/c1-6-9-15(11-16,10-7-2)14(18)17-13(8-3)12(4)5/h12-13H,6-10H2,1-5H3,(H,17,18). The predicted octanol–water partition coefficient (Wildman–Crippen LogP) is 3.65. The third kappa shape index (κ3) is 4.33. The number of nitrogens with one attached hydrogen (secondary N) is 1. The normalized spacial score (nSPS) is 13.2. The first-order valence-electron chi connectivity index (χ1n) is 7.19. The Morgan fingerprint density at radius 1 is 1.22 bits per heavy atom. The number of rotatable bonds is 8. The molecule has 18 heavy (non-hydrogen) atoms. The molecule has 3 heteroatoms. The number of nitrogens with zero attached hydrogens (tertiary/aromatic N) is 1. The van der Waals surface area contributed by atoms with Gasteiger partial charge in [0.15, 0.2) is 0 Å². The van der Waals surface area contributed by atoms with E-state index >= 15 is 0 Å². The molecule has 0 aliphatic heterocycles. The van der Waals surface area contributed by atoms with Gasteiger partial charge in [0.05, 0.1) is 6.07 Å². The Labute approximate surface area is 112 Å². The molecule has 0 radical (unpaired) electrons. The van der Waals surface area contributed by atoms with E-state index in [-0.39, 0.29) is 11.9 Å². The number of hydrogen-bond acceptors (Lipinski definition) is 2. The SMILES string of the molecule is CCCC(C#N)(CCC)C(=O)NC(CC)C(C)C. The van der Waals surface area contributed by atoms with Crippen molar-refractivity contribution in [1.82, 2.24) is 5.32 Å². The first kappa shape index (κ1) is 17.0. The first-order chi connectivity index (χ1) is 8.47. The van der Waals surface area contributed by atoms with Gasteiger partial charge in [-0.1, -0.05) is 47.5 Å². The van der Waals surface area contributed by atoms with Gasteiger partial charge in [-0.2, -0.15) is 5.26 Å². The number of amides is 1. The lowest BCUT2D eigenvalue weighted by molar-refractivity contribution is -0.130. The van der Waals surface area contributed by atoms with E-state index in [9.17, 15) is 10.1 Å². The Hall–Kier alpha value is -1.04. The van der Waals surface area contributed by atoms with Crippen molar-refractivity contribution in [3.63, 3.8) is 0 Å². The van der Waals surface area contributed by atoms with Gasteiger partial charge in [0.25, 0.3) is 0 Å². The van der Waals surface area contributed by atoms with E-state index in [4.69, 9.17) is 0 Å². The maximum Gasteiger partial charge on any atom is 0.240 e. The van der Waals surface area contributed by atoms with Crippen molar-refractivity contribution >= 4 is 5.91 Å². The molecule has 0 fully saturated rings. The van der Waals surface area contributed by atoms with E-state index in [1.165, 1.54) is 0 Å². The Bertz CT molecular complexity index is 285. The molecule has 0 bridgehead atoms. The lowest BCUT2D eigenvalue weighted by atomic mass is 9.79. The van der Waals surface area contributed by atoms with Crippen LogP contribution in [0, 0.1) is 22.7 Å². The van der Waals surface area contributed by atoms with Gasteiger partial charge in [0, 0.05) is 6.04 Å². The van der Waals surface area contributed by atoms with Gasteiger partial charge in [-0.15, -0.1) is 0 Å². The van der Waals surface area contributed by atoms with Crippen LogP contribution in [-0.4, -0.2) is 11.9 Å². The molecule has 0 spiro atoms. The van der Waals surface area contributed by atoms with Crippen LogP contribution in [0.15, 0.2) is 0 Å². The fourth-order valence-electron chi connectivity index (χ4n) is 2.41. The summed E-state index contributed by atoms with van der Waals surface area (Å²) in [7, 11) is 0. The second kappa shape index (κ2) is 8.13. The summed E-state index contributed by atoms with van der Waals surface area (Å²) in [4.78, 5) is 12.4. The summed E-state index contributed by atoms with van der Waals surface area (Å²) >= 11 is 0. The smallest absolute Gasteiger partial charge is 0.240 e. The molecule has 0 aliphatic carbocycles. The zero-order valence-electron chi connectivity index (χ0n) is 12.5. The summed E-state index contributed by atoms with van der Waals surface area (Å²) in [6.07, 6.45) is 3.93. The maximum absolute atomic E-state index is 12.4. The average molecular weight is 252 g/mol. The summed E-state index contributed by atoms with van der Waals surface area (Å²) in [5.41, 5.74) is -0.828. The lowest BCUT2D eigenvalue weighted by Gasteiger charge is -2.29. The monoisotopic (exact) mass is 252 g/mol. The van der Waals surface area contributed by atoms with Crippen molar-refractivity contribution in [3.05, 3.63) is 0 Å². The molecule has 1 atom stereocenters. The van der Waals surface area contributed by atoms with Crippen LogP contribution in [0.2, 0.25) is 0 Å². The van der Waals surface area contributed by atoms with Crippen LogP contribution >= 0.6 is 0 Å². The molecule has 0 saturated heterocycles. The molecule has 104 valence electrons. The van der Waals surface area contributed by atoms with Crippen molar-refractivity contribution in [3.8, 4) is 6.07 Å². The molecule has 0 heterocycles. The predicted molar refractivity (Wildman–Crippen MR) is 74.9 cm³/mol. The van der Waals surface area contributed by atoms with Crippen LogP contribution in [0.4, 0.5) is 0 Å². The molecule has 1 unspecified atom stereocenters. The number of carbonyl (C=O) groups is 1. The zero-order valence-corrected chi connectivity index (χ0v) is 12.5. The highest BCUT2D eigenvalue weighted by Gasteiger charge is 2.37. The highest BCUT2D eigenvalue weighted by molar-refractivity contribution is 5.85. The van der Waals surface area contributed by atoms with Crippen molar-refractivity contribution in [2.45, 2.75) is 72.8 Å². The average Bonchev–Trinajstić information content (AvgIpc) is 2.34. The molecule has 0 aliphatic rings. The molecule has 0 aromatic heterocycles. The maximum atomic E-state index is 12.4. The van der Waals surface area contributed by atoms with Gasteiger partial charge in [0.1, 0.15) is 5.41 Å². The van der Waals surface area contributed by atoms with Crippen molar-refractivity contribution in [2.24, 2.45) is 11.3 Å². The van der Waals surface area contributed by atoms with E-state index < -0.39 is 5.41 Å². The van der Waals surface area contributed by atoms with Crippen molar-refractivity contribution < 1.29 is 4.79 Å². The van der Waals surface area contributed by atoms with E-state index in [2.05, 4.69) is 32.2 Å². The van der Waals surface area contributed by atoms with Gasteiger partial charge in [0.2, 0.25) is 5.91 Å². The summed E-state index contributed by atoms with van der Waals surface area (Å²) < 4.78 is 0. The second-order valence-electron chi connectivity index (χ2n) is 5.43. The fraction of sp³-hybridized carbons (Fsp3) is 0.867. The topological polar surface area (TPSA) is 52.9 Å². The van der Waals surface area contributed by atoms with Crippen LogP contribution in [0.3, 0.4) is 0 Å². The third-order valence-electron chi connectivity index (χ3n) is 3.56. The summed E-state index contributed by atoms with van der Waals surface area (Å²) in [5.74, 6) is 0.327. The van der Waals surface area contributed by atoms with Crippen LogP contribution in [0.1, 0.15) is 66.7 Å². The molecule has 1 N–H and O–H groups in total. The fourth-order valence-corrected chi connectivity index (χ4v) is 2.41. The quantitative estimate of drug-likeness (QED) is 0.717. The molecule has 0 aromatic rings. The number of hydrogen-bond donors (Lipinski definition) is 1. The minimum absolute atomic E-state index is 0.0748. The van der Waals surface area contributed by atoms with Crippen molar-refractivity contribution in [2.75, 3.05) is 0 Å². The summed E-state index contributed by atoms with van der Waals surface area (Å²) in [6, 6.07) is 2.44. The molecule has 0 saturated carbocycles. The van der Waals surface area contributed by atoms with E-state index in [0.29, 0.717) is 18.8 Å². The Kier molecular flexibility index (Phi) is 7.66. The van der Waals surface area contributed by atoms with Gasteiger partial charge in [-0.05, 0) is 25.2 Å². The minimum Gasteiger partial charge on any atom is -0.352 e. The van der Waals surface area contributed by atoms with Crippen LogP contribution in [0.25, 0.3) is 0 Å². The molecule has 1 amide bonds. The Morgan fingerprint density at radius 3 is 2.00 bits per heavy atom. The molecule has 0 aromatic carbocycles. The molecular formula is C15H28N2O. The number of carbonyl (C=O) groups excluding carboxylic acids is 1. The Balaban J connectivity index is 4.91. The van der Waals surface area contributed by atoms with Gasteiger partial charge < -0.3 is 5.32 Å². The van der Waals surface area contributed by atoms with Crippen molar-refractivity contribution in [1.29, 1.82) is 5.26 Å². The zero-order chi connectivity index (χ0) is 14.2. The van der Waals surface area contributed by atoms with Gasteiger partial charge >= 0.3 is 0 Å². The second-order valence-corrected chi connectivity index (χ2v) is 5.43. The van der Waals surface area contributed by atoms with E-state index in [0.717, 1.165) is 19.3 Å². The third-order valence-corrected chi connectivity index (χ3v) is 3.56. The van der Waals surface area contributed by atoms with Crippen LogP contribution in [-0.2, 0) is 4.79 Å². The van der Waals surface area contributed by atoms with Crippen LogP contribution < -0.4 is 5.32 Å². The minimum atomic E-state index is -0.828. The molecule has 0 rings (SSSR count). The van der Waals surface area contributed by atoms with Crippen LogP contribution in [0.5, 0.6) is 0 Å². The highest BCUT2D eigenvalue weighted by atomic mass is 16.2. The highest BCUT2D eigenvalue weighted by Crippen LogP contribution is 2.30. The summed E-state index contributed by atoms with van der Waals surface area (Å²) in [5, 5.41) is 12.5. The molecular weight excluding hydrogens is 224 g/mol. The molecule has 3 nitrogen and oxygen atoms in total. The van der Waals surface area contributed by atoms with Gasteiger partial charge in [-0.3, -0.25) is 4.79 Å².